The fourth-order valence-electron chi connectivity index (χ4n) is 2.01. The van der Waals surface area contributed by atoms with Crippen LogP contribution in [0, 0.1) is 5.82 Å². The molecule has 3 nitrogen and oxygen atoms in total. The van der Waals surface area contributed by atoms with Crippen molar-refractivity contribution in [2.24, 2.45) is 0 Å². The van der Waals surface area contributed by atoms with Gasteiger partial charge in [-0.05, 0) is 35.9 Å². The Morgan fingerprint density at radius 2 is 2.00 bits per heavy atom. The summed E-state index contributed by atoms with van der Waals surface area (Å²) < 4.78 is 13.1. The van der Waals surface area contributed by atoms with E-state index in [1.807, 2.05) is 0 Å². The second-order valence-corrected chi connectivity index (χ2v) is 4.89. The SMILES string of the molecule is O=c1[nH]c(C(Cl)=Cc2cccc(F)c2)nc2ccccc12. The number of benzene rings is 2. The van der Waals surface area contributed by atoms with Crippen molar-refractivity contribution in [2.45, 2.75) is 0 Å². The Morgan fingerprint density at radius 1 is 1.19 bits per heavy atom. The van der Waals surface area contributed by atoms with Crippen LogP contribution < -0.4 is 5.56 Å². The highest BCUT2D eigenvalue weighted by Crippen LogP contribution is 2.20. The average molecular weight is 301 g/mol. The molecule has 0 atom stereocenters. The standard InChI is InChI=1S/C16H10ClFN2O/c17-13(9-10-4-3-5-11(18)8-10)15-19-14-7-2-1-6-12(14)16(21)20-15/h1-9H,(H,19,20,21). The summed E-state index contributed by atoms with van der Waals surface area (Å²) in [7, 11) is 0. The number of aromatic nitrogens is 2. The van der Waals surface area contributed by atoms with Crippen molar-refractivity contribution in [1.82, 2.24) is 9.97 Å². The highest BCUT2D eigenvalue weighted by Gasteiger charge is 2.06. The van der Waals surface area contributed by atoms with Crippen LogP contribution in [0.1, 0.15) is 11.4 Å². The summed E-state index contributed by atoms with van der Waals surface area (Å²) in [6.07, 6.45) is 1.55. The average Bonchev–Trinajstić information content (AvgIpc) is 2.47. The molecule has 104 valence electrons. The van der Waals surface area contributed by atoms with E-state index < -0.39 is 0 Å². The molecule has 0 aliphatic rings. The Kier molecular flexibility index (Phi) is 3.54. The lowest BCUT2D eigenvalue weighted by atomic mass is 10.2. The van der Waals surface area contributed by atoms with Crippen molar-refractivity contribution < 1.29 is 4.39 Å². The number of para-hydroxylation sites is 1. The fraction of sp³-hybridized carbons (Fsp3) is 0. The number of H-pyrrole nitrogens is 1. The van der Waals surface area contributed by atoms with Gasteiger partial charge >= 0.3 is 0 Å². The van der Waals surface area contributed by atoms with Crippen molar-refractivity contribution in [1.29, 1.82) is 0 Å². The number of hydrogen-bond acceptors (Lipinski definition) is 2. The third kappa shape index (κ3) is 2.85. The Hall–Kier alpha value is -2.46. The van der Waals surface area contributed by atoms with Gasteiger partial charge in [-0.2, -0.15) is 0 Å². The molecule has 1 heterocycles. The summed E-state index contributed by atoms with van der Waals surface area (Å²) in [4.78, 5) is 18.9. The summed E-state index contributed by atoms with van der Waals surface area (Å²) in [6, 6.07) is 13.0. The highest BCUT2D eigenvalue weighted by molar-refractivity contribution is 6.50. The maximum absolute atomic E-state index is 13.1. The predicted octanol–water partition coefficient (Wildman–Crippen LogP) is 3.80. The molecule has 0 aliphatic heterocycles. The van der Waals surface area contributed by atoms with Gasteiger partial charge in [0.1, 0.15) is 5.82 Å². The third-order valence-electron chi connectivity index (χ3n) is 2.98. The van der Waals surface area contributed by atoms with Crippen LogP contribution in [0.5, 0.6) is 0 Å². The van der Waals surface area contributed by atoms with E-state index in [0.717, 1.165) is 0 Å². The number of nitrogens with zero attached hydrogens (tertiary/aromatic N) is 1. The number of rotatable bonds is 2. The van der Waals surface area contributed by atoms with Crippen molar-refractivity contribution >= 4 is 33.6 Å². The van der Waals surface area contributed by atoms with Gasteiger partial charge in [-0.25, -0.2) is 9.37 Å². The van der Waals surface area contributed by atoms with Crippen molar-refractivity contribution in [3.63, 3.8) is 0 Å². The van der Waals surface area contributed by atoms with Gasteiger partial charge in [0, 0.05) is 0 Å². The lowest BCUT2D eigenvalue weighted by Crippen LogP contribution is -2.10. The maximum Gasteiger partial charge on any atom is 0.259 e. The van der Waals surface area contributed by atoms with Gasteiger partial charge in [-0.3, -0.25) is 4.79 Å². The number of hydrogen-bond donors (Lipinski definition) is 1. The van der Waals surface area contributed by atoms with Crippen molar-refractivity contribution in [3.05, 3.63) is 76.1 Å². The zero-order chi connectivity index (χ0) is 14.8. The molecule has 0 unspecified atom stereocenters. The summed E-state index contributed by atoms with van der Waals surface area (Å²) in [5.41, 5.74) is 0.888. The molecule has 21 heavy (non-hydrogen) atoms. The monoisotopic (exact) mass is 300 g/mol. The van der Waals surface area contributed by atoms with Gasteiger partial charge < -0.3 is 4.98 Å². The molecule has 2 aromatic carbocycles. The van der Waals surface area contributed by atoms with Crippen LogP contribution in [0.3, 0.4) is 0 Å². The lowest BCUT2D eigenvalue weighted by molar-refractivity contribution is 0.627. The van der Waals surface area contributed by atoms with E-state index in [9.17, 15) is 9.18 Å². The fourth-order valence-corrected chi connectivity index (χ4v) is 2.23. The van der Waals surface area contributed by atoms with Crippen LogP contribution >= 0.6 is 11.6 Å². The van der Waals surface area contributed by atoms with Crippen LogP contribution in [0.2, 0.25) is 0 Å². The van der Waals surface area contributed by atoms with Gasteiger partial charge in [0.25, 0.3) is 5.56 Å². The zero-order valence-electron chi connectivity index (χ0n) is 10.8. The summed E-state index contributed by atoms with van der Waals surface area (Å²) in [5.74, 6) is -0.0993. The second kappa shape index (κ2) is 5.50. The van der Waals surface area contributed by atoms with E-state index in [2.05, 4.69) is 9.97 Å². The second-order valence-electron chi connectivity index (χ2n) is 4.48. The lowest BCUT2D eigenvalue weighted by Gasteiger charge is -2.02. The molecule has 0 saturated heterocycles. The summed E-state index contributed by atoms with van der Waals surface area (Å²) in [5, 5.41) is 0.736. The van der Waals surface area contributed by atoms with E-state index in [1.165, 1.54) is 12.1 Å². The highest BCUT2D eigenvalue weighted by atomic mass is 35.5. The van der Waals surface area contributed by atoms with Gasteiger partial charge in [0.2, 0.25) is 0 Å². The molecular weight excluding hydrogens is 291 g/mol. The van der Waals surface area contributed by atoms with Crippen LogP contribution in [0.15, 0.2) is 53.3 Å². The summed E-state index contributed by atoms with van der Waals surface area (Å²) >= 11 is 6.17. The minimum absolute atomic E-state index is 0.239. The summed E-state index contributed by atoms with van der Waals surface area (Å²) in [6.45, 7) is 0. The first kappa shape index (κ1) is 13.5. The molecule has 1 N–H and O–H groups in total. The van der Waals surface area contributed by atoms with Gasteiger partial charge in [0.15, 0.2) is 5.82 Å². The van der Waals surface area contributed by atoms with Gasteiger partial charge in [-0.1, -0.05) is 35.9 Å². The number of fused-ring (bicyclic) bond motifs is 1. The molecular formula is C16H10ClFN2O. The smallest absolute Gasteiger partial charge is 0.259 e. The first-order valence-electron chi connectivity index (χ1n) is 6.26. The molecule has 0 aliphatic carbocycles. The maximum atomic E-state index is 13.1. The largest absolute Gasteiger partial charge is 0.305 e. The number of halogens is 2. The Labute approximate surface area is 124 Å². The van der Waals surface area contributed by atoms with E-state index in [0.29, 0.717) is 16.5 Å². The molecule has 3 aromatic rings. The van der Waals surface area contributed by atoms with Gasteiger partial charge in [-0.15, -0.1) is 0 Å². The minimum Gasteiger partial charge on any atom is -0.305 e. The molecule has 3 rings (SSSR count). The van der Waals surface area contributed by atoms with Crippen LogP contribution in [-0.4, -0.2) is 9.97 Å². The molecule has 0 amide bonds. The Balaban J connectivity index is 2.09. The van der Waals surface area contributed by atoms with E-state index in [4.69, 9.17) is 11.6 Å². The Bertz CT molecular complexity index is 902. The van der Waals surface area contributed by atoms with Crippen LogP contribution in [0.25, 0.3) is 22.0 Å². The molecule has 0 fully saturated rings. The molecule has 1 aromatic heterocycles. The topological polar surface area (TPSA) is 45.8 Å². The molecule has 0 saturated carbocycles. The molecule has 0 radical (unpaired) electrons. The number of nitrogens with one attached hydrogen (secondary N) is 1. The first-order chi connectivity index (χ1) is 10.1. The zero-order valence-corrected chi connectivity index (χ0v) is 11.6. The first-order valence-corrected chi connectivity index (χ1v) is 6.63. The molecule has 5 heteroatoms. The normalized spacial score (nSPS) is 11.8. The van der Waals surface area contributed by atoms with Crippen LogP contribution in [-0.2, 0) is 0 Å². The van der Waals surface area contributed by atoms with E-state index in [-0.39, 0.29) is 22.2 Å². The quantitative estimate of drug-likeness (QED) is 0.782. The molecule has 0 bridgehead atoms. The Morgan fingerprint density at radius 3 is 2.81 bits per heavy atom. The number of aromatic amines is 1. The van der Waals surface area contributed by atoms with Crippen molar-refractivity contribution in [2.75, 3.05) is 0 Å². The van der Waals surface area contributed by atoms with Crippen LogP contribution in [0.4, 0.5) is 4.39 Å². The third-order valence-corrected chi connectivity index (χ3v) is 3.27. The van der Waals surface area contributed by atoms with Gasteiger partial charge in [0.05, 0.1) is 15.9 Å². The minimum atomic E-state index is -0.354. The van der Waals surface area contributed by atoms with E-state index >= 15 is 0 Å². The van der Waals surface area contributed by atoms with E-state index in [1.54, 1.807) is 42.5 Å². The van der Waals surface area contributed by atoms with Crippen molar-refractivity contribution in [3.8, 4) is 0 Å². The predicted molar refractivity (Wildman–Crippen MR) is 82.5 cm³/mol. The molecule has 0 spiro atoms.